The lowest BCUT2D eigenvalue weighted by molar-refractivity contribution is -0.113. The van der Waals surface area contributed by atoms with Gasteiger partial charge in [-0.1, -0.05) is 42.1 Å². The molecule has 1 heterocycles. The van der Waals surface area contributed by atoms with E-state index < -0.39 is 5.82 Å². The molecule has 128 valence electrons. The normalized spacial score (nSPS) is 10.4. The van der Waals surface area contributed by atoms with E-state index in [4.69, 9.17) is 4.74 Å². The summed E-state index contributed by atoms with van der Waals surface area (Å²) in [7, 11) is 0. The van der Waals surface area contributed by atoms with Crippen molar-refractivity contribution in [1.82, 2.24) is 15.2 Å². The summed E-state index contributed by atoms with van der Waals surface area (Å²) in [6.45, 7) is 0.0602. The first-order chi connectivity index (χ1) is 12.2. The Bertz CT molecular complexity index is 841. The highest BCUT2D eigenvalue weighted by Crippen LogP contribution is 2.17. The number of hydrogen-bond donors (Lipinski definition) is 2. The maximum Gasteiger partial charge on any atom is 0.234 e. The molecule has 0 spiro atoms. The molecule has 8 heteroatoms. The van der Waals surface area contributed by atoms with E-state index in [-0.39, 0.29) is 24.0 Å². The van der Waals surface area contributed by atoms with Crippen LogP contribution in [0.5, 0.6) is 5.75 Å². The largest absolute Gasteiger partial charge is 0.483 e. The Labute approximate surface area is 147 Å². The molecule has 2 aromatic carbocycles. The Morgan fingerprint density at radius 1 is 1.16 bits per heavy atom. The van der Waals surface area contributed by atoms with Gasteiger partial charge in [0.15, 0.2) is 17.4 Å². The summed E-state index contributed by atoms with van der Waals surface area (Å²) in [4.78, 5) is 16.1. The van der Waals surface area contributed by atoms with Crippen LogP contribution in [0, 0.1) is 5.82 Å². The second-order valence-corrected chi connectivity index (χ2v) is 5.93. The molecule has 0 fully saturated rings. The lowest BCUT2D eigenvalue weighted by atomic mass is 10.3. The van der Waals surface area contributed by atoms with Gasteiger partial charge in [-0.25, -0.2) is 9.37 Å². The third kappa shape index (κ3) is 5.05. The van der Waals surface area contributed by atoms with Gasteiger partial charge in [0.1, 0.15) is 6.61 Å². The number of nitrogens with zero attached hydrogens (tertiary/aromatic N) is 2. The summed E-state index contributed by atoms with van der Waals surface area (Å²) in [5.41, 5.74) is 0.738. The number of benzene rings is 2. The van der Waals surface area contributed by atoms with E-state index in [0.717, 1.165) is 5.69 Å². The van der Waals surface area contributed by atoms with Crippen LogP contribution in [0.2, 0.25) is 0 Å². The summed E-state index contributed by atoms with van der Waals surface area (Å²) in [6, 6.07) is 15.3. The number of nitrogens with one attached hydrogen (secondary N) is 2. The summed E-state index contributed by atoms with van der Waals surface area (Å²) >= 11 is 1.20. The summed E-state index contributed by atoms with van der Waals surface area (Å²) < 4.78 is 18.8. The smallest absolute Gasteiger partial charge is 0.234 e. The van der Waals surface area contributed by atoms with Crippen molar-refractivity contribution < 1.29 is 13.9 Å². The summed E-state index contributed by atoms with van der Waals surface area (Å²) in [6.07, 6.45) is 0. The van der Waals surface area contributed by atoms with E-state index in [0.29, 0.717) is 11.0 Å². The molecule has 0 aliphatic rings. The number of thioether (sulfide) groups is 1. The maximum atomic E-state index is 13.5. The number of amides is 1. The first kappa shape index (κ1) is 17.0. The minimum absolute atomic E-state index is 0.0602. The van der Waals surface area contributed by atoms with E-state index in [9.17, 15) is 9.18 Å². The van der Waals surface area contributed by atoms with Crippen molar-refractivity contribution in [3.63, 3.8) is 0 Å². The topological polar surface area (TPSA) is 79.9 Å². The Balaban J connectivity index is 1.47. The van der Waals surface area contributed by atoms with Crippen molar-refractivity contribution in [3.05, 3.63) is 66.2 Å². The van der Waals surface area contributed by atoms with Gasteiger partial charge in [0.25, 0.3) is 0 Å². The second kappa shape index (κ2) is 8.29. The number of aromatic amines is 1. The molecule has 0 unspecified atom stereocenters. The Morgan fingerprint density at radius 2 is 1.92 bits per heavy atom. The van der Waals surface area contributed by atoms with E-state index >= 15 is 0 Å². The zero-order chi connectivity index (χ0) is 17.5. The fourth-order valence-corrected chi connectivity index (χ4v) is 2.58. The molecule has 25 heavy (non-hydrogen) atoms. The average Bonchev–Trinajstić information content (AvgIpc) is 3.08. The molecule has 3 rings (SSSR count). The first-order valence-corrected chi connectivity index (χ1v) is 8.45. The van der Waals surface area contributed by atoms with E-state index in [1.165, 1.54) is 23.9 Å². The fraction of sp³-hybridized carbons (Fsp3) is 0.118. The Hall–Kier alpha value is -2.87. The van der Waals surface area contributed by atoms with Crippen molar-refractivity contribution in [2.45, 2.75) is 11.8 Å². The number of carbonyl (C=O) groups is 1. The number of para-hydroxylation sites is 2. The monoisotopic (exact) mass is 358 g/mol. The van der Waals surface area contributed by atoms with Crippen molar-refractivity contribution in [3.8, 4) is 5.75 Å². The maximum absolute atomic E-state index is 13.5. The molecule has 0 bridgehead atoms. The van der Waals surface area contributed by atoms with Gasteiger partial charge in [0.2, 0.25) is 11.1 Å². The van der Waals surface area contributed by atoms with Crippen LogP contribution in [-0.4, -0.2) is 26.8 Å². The highest BCUT2D eigenvalue weighted by molar-refractivity contribution is 7.99. The summed E-state index contributed by atoms with van der Waals surface area (Å²) in [5.74, 6) is 0.198. The predicted molar refractivity (Wildman–Crippen MR) is 92.9 cm³/mol. The Morgan fingerprint density at radius 3 is 2.72 bits per heavy atom. The molecule has 2 N–H and O–H groups in total. The third-order valence-electron chi connectivity index (χ3n) is 3.10. The van der Waals surface area contributed by atoms with Crippen LogP contribution >= 0.6 is 11.8 Å². The first-order valence-electron chi connectivity index (χ1n) is 7.47. The number of rotatable bonds is 7. The molecule has 0 radical (unpaired) electrons. The zero-order valence-electron chi connectivity index (χ0n) is 13.1. The van der Waals surface area contributed by atoms with Gasteiger partial charge in [0, 0.05) is 5.69 Å². The lowest BCUT2D eigenvalue weighted by Gasteiger charge is -2.04. The van der Waals surface area contributed by atoms with Gasteiger partial charge in [0.05, 0.1) is 5.75 Å². The van der Waals surface area contributed by atoms with Crippen LogP contribution in [0.15, 0.2) is 59.8 Å². The van der Waals surface area contributed by atoms with Gasteiger partial charge in [-0.2, -0.15) is 0 Å². The third-order valence-corrected chi connectivity index (χ3v) is 3.95. The molecule has 0 aliphatic heterocycles. The Kier molecular flexibility index (Phi) is 5.63. The van der Waals surface area contributed by atoms with E-state index in [2.05, 4.69) is 20.5 Å². The van der Waals surface area contributed by atoms with Crippen LogP contribution in [-0.2, 0) is 11.4 Å². The number of halogens is 1. The van der Waals surface area contributed by atoms with Crippen molar-refractivity contribution >= 4 is 23.4 Å². The van der Waals surface area contributed by atoms with Crippen LogP contribution in [0.4, 0.5) is 10.1 Å². The van der Waals surface area contributed by atoms with Crippen LogP contribution in [0.25, 0.3) is 0 Å². The van der Waals surface area contributed by atoms with Gasteiger partial charge >= 0.3 is 0 Å². The predicted octanol–water partition coefficient (Wildman–Crippen LogP) is 3.25. The van der Waals surface area contributed by atoms with Gasteiger partial charge in [-0.3, -0.25) is 9.89 Å². The van der Waals surface area contributed by atoms with Gasteiger partial charge in [-0.15, -0.1) is 5.10 Å². The molecule has 0 saturated carbocycles. The lowest BCUT2D eigenvalue weighted by Crippen LogP contribution is -2.13. The van der Waals surface area contributed by atoms with E-state index in [1.54, 1.807) is 12.1 Å². The summed E-state index contributed by atoms with van der Waals surface area (Å²) in [5, 5.41) is 9.92. The molecular weight excluding hydrogens is 343 g/mol. The SMILES string of the molecule is O=C(CSc1n[nH]c(COc2ccccc2F)n1)Nc1ccccc1. The van der Waals surface area contributed by atoms with Crippen LogP contribution in [0.3, 0.4) is 0 Å². The fourth-order valence-electron chi connectivity index (χ4n) is 1.96. The standard InChI is InChI=1S/C17H15FN4O2S/c18-13-8-4-5-9-14(13)24-10-15-20-17(22-21-15)25-11-16(23)19-12-6-2-1-3-7-12/h1-9H,10-11H2,(H,19,23)(H,20,21,22). The van der Waals surface area contributed by atoms with Gasteiger partial charge < -0.3 is 10.1 Å². The highest BCUT2D eigenvalue weighted by atomic mass is 32.2. The van der Waals surface area contributed by atoms with Crippen LogP contribution < -0.4 is 10.1 Å². The minimum Gasteiger partial charge on any atom is -0.483 e. The molecular formula is C17H15FN4O2S. The number of ether oxygens (including phenoxy) is 1. The highest BCUT2D eigenvalue weighted by Gasteiger charge is 2.09. The zero-order valence-corrected chi connectivity index (χ0v) is 13.9. The van der Waals surface area contributed by atoms with Crippen molar-refractivity contribution in [2.24, 2.45) is 0 Å². The number of anilines is 1. The molecule has 0 aliphatic carbocycles. The molecule has 3 aromatic rings. The number of carbonyl (C=O) groups excluding carboxylic acids is 1. The second-order valence-electron chi connectivity index (χ2n) is 4.99. The van der Waals surface area contributed by atoms with Crippen molar-refractivity contribution in [2.75, 3.05) is 11.1 Å². The number of hydrogen-bond acceptors (Lipinski definition) is 5. The van der Waals surface area contributed by atoms with Crippen LogP contribution in [0.1, 0.15) is 5.82 Å². The molecule has 6 nitrogen and oxygen atoms in total. The van der Waals surface area contributed by atoms with Crippen molar-refractivity contribution in [1.29, 1.82) is 0 Å². The van der Waals surface area contributed by atoms with E-state index in [1.807, 2.05) is 30.3 Å². The quantitative estimate of drug-likeness (QED) is 0.634. The molecule has 1 amide bonds. The number of H-pyrrole nitrogens is 1. The number of aromatic nitrogens is 3. The average molecular weight is 358 g/mol. The van der Waals surface area contributed by atoms with Gasteiger partial charge in [-0.05, 0) is 24.3 Å². The molecule has 0 atom stereocenters. The minimum atomic E-state index is -0.436. The molecule has 1 aromatic heterocycles. The molecule has 0 saturated heterocycles.